The summed E-state index contributed by atoms with van der Waals surface area (Å²) in [6.07, 6.45) is 2.20. The highest BCUT2D eigenvalue weighted by molar-refractivity contribution is 5.77. The molecule has 2 N–H and O–H groups in total. The van der Waals surface area contributed by atoms with Crippen molar-refractivity contribution in [2.45, 2.75) is 38.9 Å². The third-order valence-corrected chi connectivity index (χ3v) is 5.89. The van der Waals surface area contributed by atoms with Gasteiger partial charge in [-0.05, 0) is 41.7 Å². The quantitative estimate of drug-likeness (QED) is 0.528. The van der Waals surface area contributed by atoms with Crippen LogP contribution in [0.25, 0.3) is 0 Å². The van der Waals surface area contributed by atoms with Gasteiger partial charge in [-0.1, -0.05) is 60.7 Å². The van der Waals surface area contributed by atoms with Crippen LogP contribution < -0.4 is 0 Å². The summed E-state index contributed by atoms with van der Waals surface area (Å²) in [7, 11) is 0. The molecule has 0 bridgehead atoms. The lowest BCUT2D eigenvalue weighted by molar-refractivity contribution is -0.146. The molecule has 0 saturated heterocycles. The predicted molar refractivity (Wildman–Crippen MR) is 120 cm³/mol. The number of esters is 2. The lowest BCUT2D eigenvalue weighted by Crippen LogP contribution is -2.08. The van der Waals surface area contributed by atoms with Gasteiger partial charge >= 0.3 is 17.9 Å². The SMILES string of the molecule is O=C(C[C@H]1C[C@@H]1C(=O)O)OCc1ccccc1.O=C(C[C@H]1C[C@@H]1CO)OCc1ccccc1. The average Bonchev–Trinajstić information content (AvgIpc) is 3.75. The van der Waals surface area contributed by atoms with Crippen LogP contribution in [0.1, 0.15) is 36.8 Å². The van der Waals surface area contributed by atoms with Crippen LogP contribution in [0.15, 0.2) is 60.7 Å². The highest BCUT2D eigenvalue weighted by Crippen LogP contribution is 2.41. The van der Waals surface area contributed by atoms with Gasteiger partial charge in [0.2, 0.25) is 0 Å². The second-order valence-corrected chi connectivity index (χ2v) is 8.58. The van der Waals surface area contributed by atoms with Crippen molar-refractivity contribution in [3.05, 3.63) is 71.8 Å². The summed E-state index contributed by atoms with van der Waals surface area (Å²) in [4.78, 5) is 33.4. The first-order valence-corrected chi connectivity index (χ1v) is 11.2. The fraction of sp³-hybridized carbons (Fsp3) is 0.423. The highest BCUT2D eigenvalue weighted by Gasteiger charge is 2.44. The van der Waals surface area contributed by atoms with E-state index in [1.807, 2.05) is 60.7 Å². The van der Waals surface area contributed by atoms with Crippen LogP contribution in [0.3, 0.4) is 0 Å². The summed E-state index contributed by atoms with van der Waals surface area (Å²) in [6, 6.07) is 19.1. The molecular weight excluding hydrogens is 424 g/mol. The monoisotopic (exact) mass is 454 g/mol. The molecule has 0 unspecified atom stereocenters. The van der Waals surface area contributed by atoms with Crippen LogP contribution in [-0.2, 0) is 37.1 Å². The van der Waals surface area contributed by atoms with Gasteiger partial charge < -0.3 is 19.7 Å². The summed E-state index contributed by atoms with van der Waals surface area (Å²) in [5.41, 5.74) is 1.94. The van der Waals surface area contributed by atoms with Gasteiger partial charge in [0.15, 0.2) is 0 Å². The molecule has 2 aliphatic rings. The van der Waals surface area contributed by atoms with Crippen molar-refractivity contribution in [1.82, 2.24) is 0 Å². The van der Waals surface area contributed by atoms with Crippen LogP contribution >= 0.6 is 0 Å². The smallest absolute Gasteiger partial charge is 0.306 e. The molecule has 2 fully saturated rings. The zero-order valence-corrected chi connectivity index (χ0v) is 18.5. The van der Waals surface area contributed by atoms with Gasteiger partial charge in [0.1, 0.15) is 13.2 Å². The number of hydrogen-bond donors (Lipinski definition) is 2. The second-order valence-electron chi connectivity index (χ2n) is 8.58. The van der Waals surface area contributed by atoms with Crippen LogP contribution in [0, 0.1) is 23.7 Å². The minimum atomic E-state index is -0.814. The van der Waals surface area contributed by atoms with Crippen molar-refractivity contribution in [2.75, 3.05) is 6.61 Å². The van der Waals surface area contributed by atoms with Crippen LogP contribution in [-0.4, -0.2) is 34.7 Å². The third-order valence-electron chi connectivity index (χ3n) is 5.89. The molecule has 0 aromatic heterocycles. The van der Waals surface area contributed by atoms with E-state index in [2.05, 4.69) is 0 Å². The molecule has 0 amide bonds. The number of rotatable bonds is 10. The van der Waals surface area contributed by atoms with Crippen molar-refractivity contribution >= 4 is 17.9 Å². The summed E-state index contributed by atoms with van der Waals surface area (Å²) in [5.74, 6) is -1.01. The summed E-state index contributed by atoms with van der Waals surface area (Å²) in [5, 5.41) is 17.5. The van der Waals surface area contributed by atoms with E-state index in [0.717, 1.165) is 17.5 Å². The zero-order valence-electron chi connectivity index (χ0n) is 18.5. The summed E-state index contributed by atoms with van der Waals surface area (Å²) >= 11 is 0. The molecule has 0 radical (unpaired) electrons. The molecule has 4 rings (SSSR count). The standard InChI is InChI=1S/C13H14O4.C13H16O3/c14-12(7-10-6-11(10)13(15)16)17-8-9-4-2-1-3-5-9;14-8-12-6-11(12)7-13(15)16-9-10-4-2-1-3-5-10/h1-5,10-11H,6-8H2,(H,15,16);1-5,11-12,14H,6-9H2/t10-,11+;11-,12-/m11/s1. The molecule has 0 spiro atoms. The minimum absolute atomic E-state index is 0.0317. The number of hydrogen-bond acceptors (Lipinski definition) is 6. The molecule has 2 aromatic carbocycles. The van der Waals surface area contributed by atoms with E-state index in [1.54, 1.807) is 0 Å². The fourth-order valence-corrected chi connectivity index (χ4v) is 3.58. The van der Waals surface area contributed by atoms with Crippen molar-refractivity contribution in [2.24, 2.45) is 23.7 Å². The largest absolute Gasteiger partial charge is 0.481 e. The van der Waals surface area contributed by atoms with E-state index in [9.17, 15) is 14.4 Å². The Balaban J connectivity index is 0.000000186. The van der Waals surface area contributed by atoms with Gasteiger partial charge in [0, 0.05) is 19.4 Å². The van der Waals surface area contributed by atoms with Crippen LogP contribution in [0.5, 0.6) is 0 Å². The number of carbonyl (C=O) groups excluding carboxylic acids is 2. The average molecular weight is 455 g/mol. The Morgan fingerprint density at radius 1 is 0.727 bits per heavy atom. The molecule has 33 heavy (non-hydrogen) atoms. The molecule has 2 saturated carbocycles. The number of aliphatic hydroxyl groups is 1. The lowest BCUT2D eigenvalue weighted by Gasteiger charge is -2.04. The third kappa shape index (κ3) is 8.69. The summed E-state index contributed by atoms with van der Waals surface area (Å²) in [6.45, 7) is 0.789. The Kier molecular flexibility index (Phi) is 9.01. The number of aliphatic hydroxyl groups excluding tert-OH is 1. The van der Waals surface area contributed by atoms with E-state index < -0.39 is 5.97 Å². The van der Waals surface area contributed by atoms with Crippen molar-refractivity contribution in [3.8, 4) is 0 Å². The van der Waals surface area contributed by atoms with Gasteiger partial charge in [0.05, 0.1) is 5.92 Å². The fourth-order valence-electron chi connectivity index (χ4n) is 3.58. The molecule has 0 aliphatic heterocycles. The van der Waals surface area contributed by atoms with E-state index >= 15 is 0 Å². The highest BCUT2D eigenvalue weighted by atomic mass is 16.5. The van der Waals surface area contributed by atoms with Gasteiger partial charge in [-0.2, -0.15) is 0 Å². The predicted octanol–water partition coefficient (Wildman–Crippen LogP) is 3.59. The van der Waals surface area contributed by atoms with Gasteiger partial charge in [-0.3, -0.25) is 14.4 Å². The minimum Gasteiger partial charge on any atom is -0.481 e. The van der Waals surface area contributed by atoms with Gasteiger partial charge in [0.25, 0.3) is 0 Å². The Morgan fingerprint density at radius 2 is 1.21 bits per heavy atom. The molecule has 7 heteroatoms. The summed E-state index contributed by atoms with van der Waals surface area (Å²) < 4.78 is 10.2. The molecule has 176 valence electrons. The normalized spacial score (nSPS) is 22.3. The number of benzene rings is 2. The van der Waals surface area contributed by atoms with E-state index in [-0.39, 0.29) is 43.4 Å². The van der Waals surface area contributed by atoms with Crippen molar-refractivity contribution < 1.29 is 34.1 Å². The van der Waals surface area contributed by atoms with E-state index in [1.165, 1.54) is 0 Å². The maximum Gasteiger partial charge on any atom is 0.306 e. The maximum atomic E-state index is 11.4. The lowest BCUT2D eigenvalue weighted by atomic mass is 10.2. The van der Waals surface area contributed by atoms with Crippen molar-refractivity contribution in [1.29, 1.82) is 0 Å². The number of ether oxygens (including phenoxy) is 2. The molecule has 2 aromatic rings. The Morgan fingerprint density at radius 3 is 1.61 bits per heavy atom. The topological polar surface area (TPSA) is 110 Å². The molecule has 7 nitrogen and oxygen atoms in total. The number of carboxylic acids is 1. The van der Waals surface area contributed by atoms with E-state index in [4.69, 9.17) is 19.7 Å². The first-order valence-electron chi connectivity index (χ1n) is 11.2. The first-order chi connectivity index (χ1) is 16.0. The second kappa shape index (κ2) is 12.2. The molecule has 4 atom stereocenters. The Labute approximate surface area is 193 Å². The number of carboxylic acid groups (broad SMARTS) is 1. The molecular formula is C26H30O7. The van der Waals surface area contributed by atoms with Gasteiger partial charge in [-0.25, -0.2) is 0 Å². The molecule has 2 aliphatic carbocycles. The van der Waals surface area contributed by atoms with Crippen LogP contribution in [0.4, 0.5) is 0 Å². The Bertz CT molecular complexity index is 913. The molecule has 0 heterocycles. The van der Waals surface area contributed by atoms with Crippen LogP contribution in [0.2, 0.25) is 0 Å². The number of aliphatic carboxylic acids is 1. The maximum absolute atomic E-state index is 11.4. The van der Waals surface area contributed by atoms with Gasteiger partial charge in [-0.15, -0.1) is 0 Å². The van der Waals surface area contributed by atoms with E-state index in [0.29, 0.717) is 31.3 Å². The number of carbonyl (C=O) groups is 3. The van der Waals surface area contributed by atoms with Crippen molar-refractivity contribution in [3.63, 3.8) is 0 Å². The first kappa shape index (κ1) is 24.5. The Hall–Kier alpha value is -3.19. The zero-order chi connectivity index (χ0) is 23.6.